The van der Waals surface area contributed by atoms with Crippen molar-refractivity contribution in [2.24, 2.45) is 16.5 Å². The average molecular weight is 188 g/mol. The molecule has 0 bridgehead atoms. The first-order valence-corrected chi connectivity index (χ1v) is 4.35. The van der Waals surface area contributed by atoms with Crippen LogP contribution in [0.5, 0.6) is 0 Å². The number of nitrogens with zero attached hydrogens (tertiary/aromatic N) is 1. The number of nitrogens with one attached hydrogen (secondary N) is 1. The van der Waals surface area contributed by atoms with E-state index in [4.69, 9.17) is 11.5 Å². The van der Waals surface area contributed by atoms with Gasteiger partial charge >= 0.3 is 0 Å². The van der Waals surface area contributed by atoms with Crippen molar-refractivity contribution in [1.82, 2.24) is 5.32 Å². The van der Waals surface area contributed by atoms with E-state index in [0.717, 1.165) is 5.56 Å². The molecule has 1 atom stereocenters. The second kappa shape index (κ2) is 3.16. The van der Waals surface area contributed by atoms with Gasteiger partial charge in [-0.05, 0) is 11.6 Å². The molecule has 5 N–H and O–H groups in total. The zero-order valence-corrected chi connectivity index (χ0v) is 7.64. The van der Waals surface area contributed by atoms with E-state index >= 15 is 0 Å². The molecule has 1 aliphatic heterocycles. The highest BCUT2D eigenvalue weighted by Gasteiger charge is 2.25. The number of hydrogen-bond acceptors (Lipinski definition) is 4. The van der Waals surface area contributed by atoms with Gasteiger partial charge in [-0.2, -0.15) is 0 Å². The van der Waals surface area contributed by atoms with E-state index in [-0.39, 0.29) is 0 Å². The number of rotatable bonds is 1. The highest BCUT2D eigenvalue weighted by atomic mass is 15.2. The van der Waals surface area contributed by atoms with Crippen molar-refractivity contribution in [2.45, 2.75) is 5.66 Å². The molecule has 2 rings (SSSR count). The van der Waals surface area contributed by atoms with Crippen molar-refractivity contribution in [3.63, 3.8) is 0 Å². The maximum absolute atomic E-state index is 6.08. The summed E-state index contributed by atoms with van der Waals surface area (Å²) in [6, 6.07) is 9.63. The smallest absolute Gasteiger partial charge is 0.195 e. The number of aliphatic imine (C=N–C) groups is 1. The summed E-state index contributed by atoms with van der Waals surface area (Å²) in [5, 5.41) is 2.77. The Labute approximate surface area is 82.3 Å². The molecule has 1 aromatic rings. The van der Waals surface area contributed by atoms with Gasteiger partial charge in [0, 0.05) is 6.20 Å². The van der Waals surface area contributed by atoms with Gasteiger partial charge in [0.1, 0.15) is 0 Å². The monoisotopic (exact) mass is 188 g/mol. The summed E-state index contributed by atoms with van der Waals surface area (Å²) >= 11 is 0. The van der Waals surface area contributed by atoms with E-state index in [1.54, 1.807) is 12.3 Å². The zero-order chi connectivity index (χ0) is 10.0. The van der Waals surface area contributed by atoms with Crippen LogP contribution in [0.4, 0.5) is 0 Å². The van der Waals surface area contributed by atoms with Crippen molar-refractivity contribution in [1.29, 1.82) is 0 Å². The van der Waals surface area contributed by atoms with Crippen LogP contribution in [0.2, 0.25) is 0 Å². The standard InChI is InChI=1S/C10H12N4/c11-9-13-7-6-10(12,14-9)8-4-2-1-3-5-8/h1-7H,12H2,(H3,11,13,14). The molecule has 0 saturated heterocycles. The largest absolute Gasteiger partial charge is 0.370 e. The predicted molar refractivity (Wildman–Crippen MR) is 56.2 cm³/mol. The summed E-state index contributed by atoms with van der Waals surface area (Å²) in [5.41, 5.74) is 11.7. The summed E-state index contributed by atoms with van der Waals surface area (Å²) < 4.78 is 0. The van der Waals surface area contributed by atoms with Crippen LogP contribution >= 0.6 is 0 Å². The molecule has 0 saturated carbocycles. The van der Waals surface area contributed by atoms with Crippen molar-refractivity contribution < 1.29 is 0 Å². The third-order valence-electron chi connectivity index (χ3n) is 2.11. The minimum atomic E-state index is -0.837. The van der Waals surface area contributed by atoms with Crippen LogP contribution in [0.15, 0.2) is 47.6 Å². The molecule has 0 amide bonds. The molecule has 0 fully saturated rings. The molecular formula is C10H12N4. The SMILES string of the molecule is NC1=NC(N)(c2ccccc2)C=CN1. The second-order valence-corrected chi connectivity index (χ2v) is 3.17. The van der Waals surface area contributed by atoms with E-state index < -0.39 is 5.66 Å². The van der Waals surface area contributed by atoms with E-state index in [2.05, 4.69) is 10.3 Å². The molecule has 1 unspecified atom stereocenters. The molecule has 72 valence electrons. The highest BCUT2D eigenvalue weighted by molar-refractivity contribution is 5.80. The molecule has 4 nitrogen and oxygen atoms in total. The summed E-state index contributed by atoms with van der Waals surface area (Å²) in [6.07, 6.45) is 3.48. The first-order chi connectivity index (χ1) is 6.71. The Bertz CT molecular complexity index is 382. The van der Waals surface area contributed by atoms with Gasteiger partial charge in [0.2, 0.25) is 0 Å². The van der Waals surface area contributed by atoms with Crippen LogP contribution in [0, 0.1) is 0 Å². The van der Waals surface area contributed by atoms with Crippen molar-refractivity contribution in [2.75, 3.05) is 0 Å². The van der Waals surface area contributed by atoms with Crippen molar-refractivity contribution >= 4 is 5.96 Å². The van der Waals surface area contributed by atoms with Gasteiger partial charge in [0.15, 0.2) is 11.6 Å². The van der Waals surface area contributed by atoms with Gasteiger partial charge in [-0.15, -0.1) is 0 Å². The Hall–Kier alpha value is -1.81. The van der Waals surface area contributed by atoms with Crippen molar-refractivity contribution in [3.8, 4) is 0 Å². The summed E-state index contributed by atoms with van der Waals surface area (Å²) in [6.45, 7) is 0. The van der Waals surface area contributed by atoms with Crippen LogP contribution < -0.4 is 16.8 Å². The van der Waals surface area contributed by atoms with E-state index in [0.29, 0.717) is 5.96 Å². The molecule has 1 aliphatic rings. The lowest BCUT2D eigenvalue weighted by Gasteiger charge is -2.25. The van der Waals surface area contributed by atoms with Crippen LogP contribution in [-0.2, 0) is 5.66 Å². The lowest BCUT2D eigenvalue weighted by Crippen LogP contribution is -2.42. The first-order valence-electron chi connectivity index (χ1n) is 4.35. The van der Waals surface area contributed by atoms with Crippen molar-refractivity contribution in [3.05, 3.63) is 48.2 Å². The van der Waals surface area contributed by atoms with Crippen LogP contribution in [0.1, 0.15) is 5.56 Å². The first kappa shape index (κ1) is 8.77. The minimum Gasteiger partial charge on any atom is -0.370 e. The lowest BCUT2D eigenvalue weighted by molar-refractivity contribution is 0.581. The van der Waals surface area contributed by atoms with Gasteiger partial charge in [-0.1, -0.05) is 30.3 Å². The molecule has 0 aliphatic carbocycles. The maximum atomic E-state index is 6.08. The van der Waals surface area contributed by atoms with E-state index in [9.17, 15) is 0 Å². The molecular weight excluding hydrogens is 176 g/mol. The molecule has 4 heteroatoms. The van der Waals surface area contributed by atoms with Crippen LogP contribution in [0.25, 0.3) is 0 Å². The predicted octanol–water partition coefficient (Wildman–Crippen LogP) is 0.230. The molecule has 0 aromatic heterocycles. The number of nitrogens with two attached hydrogens (primary N) is 2. The highest BCUT2D eigenvalue weighted by Crippen LogP contribution is 2.22. The molecule has 0 radical (unpaired) electrons. The average Bonchev–Trinajstić information content (AvgIpc) is 2.19. The fourth-order valence-electron chi connectivity index (χ4n) is 1.39. The second-order valence-electron chi connectivity index (χ2n) is 3.17. The Morgan fingerprint density at radius 3 is 2.57 bits per heavy atom. The summed E-state index contributed by atoms with van der Waals surface area (Å²) in [4.78, 5) is 4.16. The minimum absolute atomic E-state index is 0.332. The van der Waals surface area contributed by atoms with Gasteiger partial charge in [-0.3, -0.25) is 5.73 Å². The normalized spacial score (nSPS) is 25.4. The summed E-state index contributed by atoms with van der Waals surface area (Å²) in [7, 11) is 0. The molecule has 0 spiro atoms. The van der Waals surface area contributed by atoms with Gasteiger partial charge in [-0.25, -0.2) is 4.99 Å². The quantitative estimate of drug-likeness (QED) is 0.590. The Balaban J connectivity index is 2.42. The third kappa shape index (κ3) is 1.47. The Morgan fingerprint density at radius 1 is 1.21 bits per heavy atom. The lowest BCUT2D eigenvalue weighted by atomic mass is 10.0. The third-order valence-corrected chi connectivity index (χ3v) is 2.11. The maximum Gasteiger partial charge on any atom is 0.195 e. The Kier molecular flexibility index (Phi) is 1.98. The molecule has 1 heterocycles. The topological polar surface area (TPSA) is 76.4 Å². The van der Waals surface area contributed by atoms with Gasteiger partial charge in [0.25, 0.3) is 0 Å². The van der Waals surface area contributed by atoms with Crippen LogP contribution in [0.3, 0.4) is 0 Å². The molecule has 1 aromatic carbocycles. The molecule has 14 heavy (non-hydrogen) atoms. The van der Waals surface area contributed by atoms with Gasteiger partial charge in [0.05, 0.1) is 0 Å². The fourth-order valence-corrected chi connectivity index (χ4v) is 1.39. The zero-order valence-electron chi connectivity index (χ0n) is 7.64. The van der Waals surface area contributed by atoms with Crippen LogP contribution in [-0.4, -0.2) is 5.96 Å². The number of hydrogen-bond donors (Lipinski definition) is 3. The van der Waals surface area contributed by atoms with Gasteiger partial charge < -0.3 is 11.1 Å². The number of guanidine groups is 1. The van der Waals surface area contributed by atoms with E-state index in [1.165, 1.54) is 0 Å². The van der Waals surface area contributed by atoms with E-state index in [1.807, 2.05) is 30.3 Å². The number of benzene rings is 1. The summed E-state index contributed by atoms with van der Waals surface area (Å²) in [5.74, 6) is 0.332. The fraction of sp³-hybridized carbons (Fsp3) is 0.100. The Morgan fingerprint density at radius 2 is 1.93 bits per heavy atom.